The molecular formula is C13H12BrN3O. The largest absolute Gasteiger partial charge is 0.398 e. The molecule has 0 unspecified atom stereocenters. The van der Waals surface area contributed by atoms with Gasteiger partial charge >= 0.3 is 0 Å². The first kappa shape index (κ1) is 12.6. The summed E-state index contributed by atoms with van der Waals surface area (Å²) < 4.78 is 0.785. The van der Waals surface area contributed by atoms with Crippen LogP contribution in [0.5, 0.6) is 0 Å². The summed E-state index contributed by atoms with van der Waals surface area (Å²) in [6.45, 7) is 0.470. The van der Waals surface area contributed by atoms with Crippen molar-refractivity contribution in [2.45, 2.75) is 6.54 Å². The van der Waals surface area contributed by atoms with Crippen molar-refractivity contribution in [1.82, 2.24) is 10.3 Å². The Morgan fingerprint density at radius 2 is 2.00 bits per heavy atom. The molecule has 0 saturated carbocycles. The lowest BCUT2D eigenvalue weighted by Gasteiger charge is -2.06. The predicted molar refractivity (Wildman–Crippen MR) is 74.0 cm³/mol. The number of aromatic nitrogens is 1. The first-order chi connectivity index (χ1) is 8.66. The molecule has 2 rings (SSSR count). The smallest absolute Gasteiger partial charge is 0.251 e. The summed E-state index contributed by atoms with van der Waals surface area (Å²) in [6.07, 6.45) is 3.39. The molecule has 2 aromatic rings. The van der Waals surface area contributed by atoms with Gasteiger partial charge in [0, 0.05) is 34.7 Å². The van der Waals surface area contributed by atoms with E-state index in [9.17, 15) is 4.79 Å². The number of benzene rings is 1. The molecule has 18 heavy (non-hydrogen) atoms. The number of nitrogens with zero attached hydrogens (tertiary/aromatic N) is 1. The Balaban J connectivity index is 2.02. The standard InChI is InChI=1S/C13H12BrN3O/c14-11-2-1-10(7-12(11)15)13(18)17-8-9-3-5-16-6-4-9/h1-7H,8,15H2,(H,17,18). The van der Waals surface area contributed by atoms with Gasteiger partial charge in [-0.3, -0.25) is 9.78 Å². The second-order valence-electron chi connectivity index (χ2n) is 3.77. The lowest BCUT2D eigenvalue weighted by atomic mass is 10.2. The zero-order valence-corrected chi connectivity index (χ0v) is 11.1. The van der Waals surface area contributed by atoms with Crippen LogP contribution in [-0.4, -0.2) is 10.9 Å². The SMILES string of the molecule is Nc1cc(C(=O)NCc2ccncc2)ccc1Br. The minimum Gasteiger partial charge on any atom is -0.398 e. The summed E-state index contributed by atoms with van der Waals surface area (Å²) in [7, 11) is 0. The fraction of sp³-hybridized carbons (Fsp3) is 0.0769. The van der Waals surface area contributed by atoms with Gasteiger partial charge in [0.25, 0.3) is 5.91 Å². The van der Waals surface area contributed by atoms with Crippen molar-refractivity contribution in [3.8, 4) is 0 Å². The Hall–Kier alpha value is -1.88. The minimum atomic E-state index is -0.147. The van der Waals surface area contributed by atoms with Crippen LogP contribution in [0.15, 0.2) is 47.2 Å². The molecule has 0 aliphatic carbocycles. The number of hydrogen-bond acceptors (Lipinski definition) is 3. The maximum absolute atomic E-state index is 11.9. The van der Waals surface area contributed by atoms with E-state index >= 15 is 0 Å². The molecule has 0 aliphatic rings. The summed E-state index contributed by atoms with van der Waals surface area (Å²) in [5.74, 6) is -0.147. The van der Waals surface area contributed by atoms with Gasteiger partial charge in [-0.1, -0.05) is 0 Å². The van der Waals surface area contributed by atoms with Crippen molar-refractivity contribution >= 4 is 27.5 Å². The van der Waals surface area contributed by atoms with Crippen LogP contribution in [-0.2, 0) is 6.54 Å². The summed E-state index contributed by atoms with van der Waals surface area (Å²) in [6, 6.07) is 8.84. The highest BCUT2D eigenvalue weighted by Crippen LogP contribution is 2.20. The average molecular weight is 306 g/mol. The van der Waals surface area contributed by atoms with Crippen LogP contribution in [0.2, 0.25) is 0 Å². The third-order valence-corrected chi connectivity index (χ3v) is 3.18. The third-order valence-electron chi connectivity index (χ3n) is 2.46. The second-order valence-corrected chi connectivity index (χ2v) is 4.63. The number of hydrogen-bond donors (Lipinski definition) is 2. The number of nitrogen functional groups attached to an aromatic ring is 1. The van der Waals surface area contributed by atoms with Gasteiger partial charge in [0.2, 0.25) is 0 Å². The molecule has 1 heterocycles. The van der Waals surface area contributed by atoms with Crippen LogP contribution in [0, 0.1) is 0 Å². The van der Waals surface area contributed by atoms with Crippen LogP contribution >= 0.6 is 15.9 Å². The summed E-state index contributed by atoms with van der Waals surface area (Å²) in [4.78, 5) is 15.8. The van der Waals surface area contributed by atoms with Gasteiger partial charge < -0.3 is 11.1 Å². The maximum Gasteiger partial charge on any atom is 0.251 e. The number of amides is 1. The fourth-order valence-corrected chi connectivity index (χ4v) is 1.72. The van der Waals surface area contributed by atoms with Crippen molar-refractivity contribution in [2.75, 3.05) is 5.73 Å². The van der Waals surface area contributed by atoms with Gasteiger partial charge in [0.05, 0.1) is 0 Å². The first-order valence-corrected chi connectivity index (χ1v) is 6.18. The minimum absolute atomic E-state index is 0.147. The van der Waals surface area contributed by atoms with E-state index in [1.807, 2.05) is 12.1 Å². The molecule has 1 amide bonds. The highest BCUT2D eigenvalue weighted by molar-refractivity contribution is 9.10. The number of nitrogens with two attached hydrogens (primary N) is 1. The van der Waals surface area contributed by atoms with E-state index in [2.05, 4.69) is 26.2 Å². The molecule has 4 nitrogen and oxygen atoms in total. The topological polar surface area (TPSA) is 68.0 Å². The molecular weight excluding hydrogens is 294 g/mol. The van der Waals surface area contributed by atoms with Crippen molar-refractivity contribution < 1.29 is 4.79 Å². The Labute approximate surface area is 113 Å². The fourth-order valence-electron chi connectivity index (χ4n) is 1.47. The number of carbonyl (C=O) groups excluding carboxylic acids is 1. The summed E-state index contributed by atoms with van der Waals surface area (Å²) in [5.41, 5.74) is 7.83. The Kier molecular flexibility index (Phi) is 3.94. The summed E-state index contributed by atoms with van der Waals surface area (Å²) in [5, 5.41) is 2.82. The van der Waals surface area contributed by atoms with Crippen LogP contribution in [0.1, 0.15) is 15.9 Å². The highest BCUT2D eigenvalue weighted by atomic mass is 79.9. The number of halogens is 1. The van der Waals surface area contributed by atoms with Crippen molar-refractivity contribution in [2.24, 2.45) is 0 Å². The first-order valence-electron chi connectivity index (χ1n) is 5.39. The average Bonchev–Trinajstić information content (AvgIpc) is 2.40. The lowest BCUT2D eigenvalue weighted by Crippen LogP contribution is -2.22. The predicted octanol–water partition coefficient (Wildman–Crippen LogP) is 2.36. The highest BCUT2D eigenvalue weighted by Gasteiger charge is 2.06. The van der Waals surface area contributed by atoms with Gasteiger partial charge in [-0.25, -0.2) is 0 Å². The molecule has 0 atom stereocenters. The summed E-state index contributed by atoms with van der Waals surface area (Å²) >= 11 is 3.29. The van der Waals surface area contributed by atoms with E-state index < -0.39 is 0 Å². The van der Waals surface area contributed by atoms with E-state index in [4.69, 9.17) is 5.73 Å². The maximum atomic E-state index is 11.9. The molecule has 0 saturated heterocycles. The van der Waals surface area contributed by atoms with E-state index in [0.29, 0.717) is 17.8 Å². The quantitative estimate of drug-likeness (QED) is 0.855. The number of pyridine rings is 1. The number of anilines is 1. The van der Waals surface area contributed by atoms with Crippen molar-refractivity contribution in [1.29, 1.82) is 0 Å². The zero-order chi connectivity index (χ0) is 13.0. The molecule has 92 valence electrons. The van der Waals surface area contributed by atoms with Gasteiger partial charge in [-0.05, 0) is 51.8 Å². The Bertz CT molecular complexity index is 557. The number of rotatable bonds is 3. The molecule has 3 N–H and O–H groups in total. The number of carbonyl (C=O) groups is 1. The van der Waals surface area contributed by atoms with Gasteiger partial charge in [0.15, 0.2) is 0 Å². The van der Waals surface area contributed by atoms with Crippen molar-refractivity contribution in [3.05, 3.63) is 58.3 Å². The van der Waals surface area contributed by atoms with Gasteiger partial charge in [0.1, 0.15) is 0 Å². The van der Waals surface area contributed by atoms with E-state index in [0.717, 1.165) is 10.0 Å². The Morgan fingerprint density at radius 1 is 1.28 bits per heavy atom. The van der Waals surface area contributed by atoms with E-state index in [1.165, 1.54) is 0 Å². The van der Waals surface area contributed by atoms with E-state index in [1.54, 1.807) is 30.6 Å². The van der Waals surface area contributed by atoms with Crippen molar-refractivity contribution in [3.63, 3.8) is 0 Å². The normalized spacial score (nSPS) is 10.1. The second kappa shape index (κ2) is 5.64. The van der Waals surface area contributed by atoms with Crippen LogP contribution in [0.4, 0.5) is 5.69 Å². The van der Waals surface area contributed by atoms with E-state index in [-0.39, 0.29) is 5.91 Å². The lowest BCUT2D eigenvalue weighted by molar-refractivity contribution is 0.0951. The monoisotopic (exact) mass is 305 g/mol. The van der Waals surface area contributed by atoms with Gasteiger partial charge in [-0.15, -0.1) is 0 Å². The number of nitrogens with one attached hydrogen (secondary N) is 1. The molecule has 1 aromatic carbocycles. The molecule has 0 fully saturated rings. The molecule has 5 heteroatoms. The Morgan fingerprint density at radius 3 is 2.67 bits per heavy atom. The zero-order valence-electron chi connectivity index (χ0n) is 9.56. The van der Waals surface area contributed by atoms with Gasteiger partial charge in [-0.2, -0.15) is 0 Å². The molecule has 0 aliphatic heterocycles. The third kappa shape index (κ3) is 3.07. The molecule has 1 aromatic heterocycles. The van der Waals surface area contributed by atoms with Crippen LogP contribution < -0.4 is 11.1 Å². The molecule has 0 radical (unpaired) electrons. The molecule has 0 bridgehead atoms. The van der Waals surface area contributed by atoms with Crippen LogP contribution in [0.25, 0.3) is 0 Å². The van der Waals surface area contributed by atoms with Crippen LogP contribution in [0.3, 0.4) is 0 Å². The molecule has 0 spiro atoms.